The molecular formula is C21H13ClF6N6O2. The Kier molecular flexibility index (Phi) is 5.09. The van der Waals surface area contributed by atoms with Crippen LogP contribution in [0.3, 0.4) is 0 Å². The predicted octanol–water partition coefficient (Wildman–Crippen LogP) is 4.73. The molecule has 1 unspecified atom stereocenters. The molecule has 0 bridgehead atoms. The number of carbonyl (C=O) groups excluding carboxylic acids is 1. The first kappa shape index (κ1) is 24.0. The lowest BCUT2D eigenvalue weighted by Gasteiger charge is -2.23. The molecule has 0 saturated heterocycles. The van der Waals surface area contributed by atoms with Crippen molar-refractivity contribution < 1.29 is 35.9 Å². The zero-order chi connectivity index (χ0) is 26.2. The van der Waals surface area contributed by atoms with Crippen molar-refractivity contribution in [3.63, 3.8) is 0 Å². The zero-order valence-electron chi connectivity index (χ0n) is 18.0. The number of nitriles is 1. The van der Waals surface area contributed by atoms with Gasteiger partial charge in [-0.15, -0.1) is 0 Å². The van der Waals surface area contributed by atoms with Crippen molar-refractivity contribution in [2.45, 2.75) is 36.8 Å². The van der Waals surface area contributed by atoms with Gasteiger partial charge < -0.3 is 10.1 Å². The van der Waals surface area contributed by atoms with E-state index < -0.39 is 47.2 Å². The number of aromatic nitrogens is 4. The summed E-state index contributed by atoms with van der Waals surface area (Å²) in [6, 6.07) is 6.12. The van der Waals surface area contributed by atoms with Gasteiger partial charge in [-0.1, -0.05) is 17.7 Å². The maximum Gasteiger partial charge on any atom is 0.459 e. The van der Waals surface area contributed by atoms with Crippen LogP contribution < -0.4 is 10.1 Å². The number of alkyl halides is 6. The third-order valence-electron chi connectivity index (χ3n) is 5.91. The Morgan fingerprint density at radius 2 is 2.00 bits per heavy atom. The van der Waals surface area contributed by atoms with Gasteiger partial charge in [0.15, 0.2) is 17.3 Å². The smallest absolute Gasteiger partial charge is 0.448 e. The van der Waals surface area contributed by atoms with E-state index >= 15 is 4.39 Å². The first-order valence-corrected chi connectivity index (χ1v) is 10.6. The summed E-state index contributed by atoms with van der Waals surface area (Å²) >= 11 is 6.15. The highest BCUT2D eigenvalue weighted by molar-refractivity contribution is 6.34. The molecule has 8 nitrogen and oxygen atoms in total. The summed E-state index contributed by atoms with van der Waals surface area (Å²) in [4.78, 5) is 12.7. The van der Waals surface area contributed by atoms with Crippen molar-refractivity contribution in [3.8, 4) is 28.8 Å². The fraction of sp³-hybridized carbons (Fsp3) is 0.333. The first-order chi connectivity index (χ1) is 16.8. The first-order valence-electron chi connectivity index (χ1n) is 10.2. The maximum atomic E-state index is 15.1. The van der Waals surface area contributed by atoms with Gasteiger partial charge in [0.1, 0.15) is 11.2 Å². The average Bonchev–Trinajstić information content (AvgIpc) is 3.29. The Morgan fingerprint density at radius 1 is 1.31 bits per heavy atom. The van der Waals surface area contributed by atoms with E-state index in [9.17, 15) is 32.0 Å². The van der Waals surface area contributed by atoms with E-state index in [1.807, 2.05) is 6.07 Å². The van der Waals surface area contributed by atoms with Gasteiger partial charge in [0.25, 0.3) is 12.3 Å². The molecule has 3 aromatic rings. The Hall–Kier alpha value is -3.73. The van der Waals surface area contributed by atoms with Crippen LogP contribution in [-0.4, -0.2) is 37.2 Å². The lowest BCUT2D eigenvalue weighted by molar-refractivity contribution is -0.291. The lowest BCUT2D eigenvalue weighted by atomic mass is 10.0. The Bertz CT molecular complexity index is 1450. The molecule has 1 aliphatic carbocycles. The van der Waals surface area contributed by atoms with Crippen LogP contribution in [0, 0.1) is 11.3 Å². The summed E-state index contributed by atoms with van der Waals surface area (Å²) in [6.07, 6.45) is -6.40. The monoisotopic (exact) mass is 530 g/mol. The number of halogens is 7. The molecule has 5 rings (SSSR count). The fourth-order valence-corrected chi connectivity index (χ4v) is 4.05. The van der Waals surface area contributed by atoms with Gasteiger partial charge in [0, 0.05) is 12.6 Å². The van der Waals surface area contributed by atoms with E-state index in [1.165, 1.54) is 18.2 Å². The number of nitrogens with zero attached hydrogens (tertiary/aromatic N) is 5. The van der Waals surface area contributed by atoms with Crippen molar-refractivity contribution in [2.24, 2.45) is 7.05 Å². The lowest BCUT2D eigenvalue weighted by Crippen LogP contribution is -2.35. The van der Waals surface area contributed by atoms with Gasteiger partial charge in [-0.25, -0.2) is 9.36 Å². The minimum absolute atomic E-state index is 0.0175. The fourth-order valence-electron chi connectivity index (χ4n) is 3.85. The minimum atomic E-state index is -6.00. The third kappa shape index (κ3) is 3.48. The number of hydrogen-bond acceptors (Lipinski definition) is 5. The summed E-state index contributed by atoms with van der Waals surface area (Å²) in [6.45, 7) is 0. The van der Waals surface area contributed by atoms with Gasteiger partial charge in [0.05, 0.1) is 22.9 Å². The summed E-state index contributed by atoms with van der Waals surface area (Å²) in [5.41, 5.74) is -2.82. The maximum absolute atomic E-state index is 15.1. The second-order valence-electron chi connectivity index (χ2n) is 8.33. The standard InChI is InChI=1S/C21H13ClF6N6O2/c1-33-18-14(15(32-33)20(24,25)21(26,27)28)36-16(23)13-11(7-30-34(13)18)9-2-3-12(22)10(6-9)17(35)31-19(8-29)4-5-19/h2-3,6-7,16H,4-5H2,1H3,(H,31,35). The van der Waals surface area contributed by atoms with Crippen molar-refractivity contribution in [1.29, 1.82) is 5.26 Å². The van der Waals surface area contributed by atoms with Crippen LogP contribution in [-0.2, 0) is 13.0 Å². The summed E-state index contributed by atoms with van der Waals surface area (Å²) in [5.74, 6) is -7.59. The molecule has 1 aliphatic heterocycles. The molecule has 0 spiro atoms. The summed E-state index contributed by atoms with van der Waals surface area (Å²) < 4.78 is 88.4. The molecule has 36 heavy (non-hydrogen) atoms. The number of nitrogens with one attached hydrogen (secondary N) is 1. The van der Waals surface area contributed by atoms with E-state index in [4.69, 9.17) is 16.3 Å². The molecule has 0 radical (unpaired) electrons. The second kappa shape index (κ2) is 7.63. The summed E-state index contributed by atoms with van der Waals surface area (Å²) in [5, 5.41) is 19.0. The topological polar surface area (TPSA) is 97.8 Å². The number of carbonyl (C=O) groups is 1. The number of ether oxygens (including phenoxy) is 1. The average molecular weight is 531 g/mol. The molecule has 1 saturated carbocycles. The Morgan fingerprint density at radius 3 is 2.61 bits per heavy atom. The van der Waals surface area contributed by atoms with E-state index in [0.29, 0.717) is 17.5 Å². The molecule has 1 atom stereocenters. The predicted molar refractivity (Wildman–Crippen MR) is 110 cm³/mol. The van der Waals surface area contributed by atoms with Crippen LogP contribution in [0.2, 0.25) is 5.02 Å². The molecule has 3 heterocycles. The highest BCUT2D eigenvalue weighted by atomic mass is 35.5. The van der Waals surface area contributed by atoms with E-state index in [2.05, 4.69) is 15.5 Å². The van der Waals surface area contributed by atoms with Crippen molar-refractivity contribution in [2.75, 3.05) is 0 Å². The molecule has 1 aromatic carbocycles. The number of benzene rings is 1. The largest absolute Gasteiger partial charge is 0.459 e. The SMILES string of the molecule is Cn1nc(C(F)(F)C(F)(F)F)c2c1-n1ncc(-c3ccc(Cl)c(C(=O)NC4(C#N)CC4)c3)c1C(F)O2. The second-order valence-corrected chi connectivity index (χ2v) is 8.74. The van der Waals surface area contributed by atoms with E-state index in [1.54, 1.807) is 0 Å². The number of fused-ring (bicyclic) bond motifs is 3. The molecular weight excluding hydrogens is 518 g/mol. The Labute approximate surface area is 203 Å². The van der Waals surface area contributed by atoms with Crippen molar-refractivity contribution in [1.82, 2.24) is 24.9 Å². The molecule has 2 aromatic heterocycles. The van der Waals surface area contributed by atoms with Crippen LogP contribution in [0.1, 0.15) is 40.9 Å². The van der Waals surface area contributed by atoms with Gasteiger partial charge in [-0.2, -0.15) is 41.8 Å². The van der Waals surface area contributed by atoms with Crippen LogP contribution in [0.4, 0.5) is 26.3 Å². The number of hydrogen-bond donors (Lipinski definition) is 1. The molecule has 15 heteroatoms. The van der Waals surface area contributed by atoms with Gasteiger partial charge >= 0.3 is 12.1 Å². The Balaban J connectivity index is 1.58. The minimum Gasteiger partial charge on any atom is -0.448 e. The van der Waals surface area contributed by atoms with Crippen LogP contribution >= 0.6 is 11.6 Å². The molecule has 1 N–H and O–H groups in total. The van der Waals surface area contributed by atoms with Gasteiger partial charge in [0.2, 0.25) is 0 Å². The normalized spacial score (nSPS) is 18.0. The van der Waals surface area contributed by atoms with Gasteiger partial charge in [-0.05, 0) is 30.5 Å². The summed E-state index contributed by atoms with van der Waals surface area (Å²) in [7, 11) is 1.08. The van der Waals surface area contributed by atoms with Crippen LogP contribution in [0.25, 0.3) is 16.9 Å². The van der Waals surface area contributed by atoms with E-state index in [-0.39, 0.29) is 27.4 Å². The highest BCUT2D eigenvalue weighted by Gasteiger charge is 2.63. The highest BCUT2D eigenvalue weighted by Crippen LogP contribution is 2.51. The number of aryl methyl sites for hydroxylation is 1. The van der Waals surface area contributed by atoms with Gasteiger partial charge in [-0.3, -0.25) is 4.79 Å². The molecule has 1 fully saturated rings. The number of amides is 1. The molecule has 2 aliphatic rings. The van der Waals surface area contributed by atoms with Crippen LogP contribution in [0.5, 0.6) is 5.75 Å². The van der Waals surface area contributed by atoms with Crippen molar-refractivity contribution >= 4 is 17.5 Å². The van der Waals surface area contributed by atoms with Crippen LogP contribution in [0.15, 0.2) is 24.4 Å². The molecule has 1 amide bonds. The molecule has 188 valence electrons. The zero-order valence-corrected chi connectivity index (χ0v) is 18.8. The van der Waals surface area contributed by atoms with E-state index in [0.717, 1.165) is 17.9 Å². The van der Waals surface area contributed by atoms with Crippen molar-refractivity contribution in [3.05, 3.63) is 46.4 Å². The third-order valence-corrected chi connectivity index (χ3v) is 6.24. The number of rotatable bonds is 4. The quantitative estimate of drug-likeness (QED) is 0.492.